The third-order valence-corrected chi connectivity index (χ3v) is 6.51. The van der Waals surface area contributed by atoms with E-state index in [2.05, 4.69) is 10.3 Å². The van der Waals surface area contributed by atoms with E-state index in [9.17, 15) is 13.2 Å². The molecule has 0 saturated carbocycles. The monoisotopic (exact) mass is 385 g/mol. The van der Waals surface area contributed by atoms with Crippen molar-refractivity contribution < 1.29 is 13.2 Å². The average Bonchev–Trinajstić information content (AvgIpc) is 3.01. The zero-order valence-electron chi connectivity index (χ0n) is 15.8. The smallest absolute Gasteiger partial charge is 0.242 e. The second-order valence-corrected chi connectivity index (χ2v) is 8.94. The van der Waals surface area contributed by atoms with Crippen LogP contribution >= 0.6 is 0 Å². The van der Waals surface area contributed by atoms with Crippen molar-refractivity contribution in [3.63, 3.8) is 0 Å². The van der Waals surface area contributed by atoms with E-state index in [1.54, 1.807) is 6.07 Å². The van der Waals surface area contributed by atoms with Crippen LogP contribution < -0.4 is 5.32 Å². The highest BCUT2D eigenvalue weighted by Crippen LogP contribution is 2.26. The van der Waals surface area contributed by atoms with Crippen molar-refractivity contribution in [1.82, 2.24) is 9.29 Å². The van der Waals surface area contributed by atoms with Gasteiger partial charge in [-0.3, -0.25) is 4.79 Å². The van der Waals surface area contributed by atoms with Crippen molar-refractivity contribution in [1.29, 1.82) is 0 Å². The standard InChI is InChI=1S/C20H23N3O3S/c1-13-9-16(27(25,26)23(3)4)11-19(14(13)2)22-20(24)10-15-12-21-18-8-6-5-7-17(15)18/h5-9,11-12,21H,10H2,1-4H3,(H,22,24). The van der Waals surface area contributed by atoms with E-state index in [1.807, 2.05) is 44.3 Å². The summed E-state index contributed by atoms with van der Waals surface area (Å²) in [5.41, 5.74) is 4.04. The maximum Gasteiger partial charge on any atom is 0.242 e. The second kappa shape index (κ2) is 7.17. The molecule has 0 bridgehead atoms. The van der Waals surface area contributed by atoms with E-state index in [4.69, 9.17) is 0 Å². The van der Waals surface area contributed by atoms with Crippen molar-refractivity contribution in [3.05, 3.63) is 59.3 Å². The minimum Gasteiger partial charge on any atom is -0.361 e. The van der Waals surface area contributed by atoms with E-state index in [0.29, 0.717) is 5.69 Å². The Morgan fingerprint density at radius 1 is 1.15 bits per heavy atom. The predicted molar refractivity (Wildman–Crippen MR) is 107 cm³/mol. The van der Waals surface area contributed by atoms with Gasteiger partial charge in [-0.05, 0) is 48.7 Å². The van der Waals surface area contributed by atoms with Gasteiger partial charge in [-0.1, -0.05) is 18.2 Å². The second-order valence-electron chi connectivity index (χ2n) is 6.78. The molecule has 0 aliphatic heterocycles. The van der Waals surface area contributed by atoms with Gasteiger partial charge >= 0.3 is 0 Å². The summed E-state index contributed by atoms with van der Waals surface area (Å²) in [5.74, 6) is -0.193. The van der Waals surface area contributed by atoms with Crippen LogP contribution in [0.15, 0.2) is 47.5 Å². The molecule has 7 heteroatoms. The minimum atomic E-state index is -3.58. The number of hydrogen-bond donors (Lipinski definition) is 2. The molecule has 27 heavy (non-hydrogen) atoms. The Labute approximate surface area is 159 Å². The number of carbonyl (C=O) groups is 1. The summed E-state index contributed by atoms with van der Waals surface area (Å²) in [4.78, 5) is 15.9. The number of amides is 1. The number of para-hydroxylation sites is 1. The lowest BCUT2D eigenvalue weighted by atomic mass is 10.1. The number of nitrogens with zero attached hydrogens (tertiary/aromatic N) is 1. The molecule has 1 heterocycles. The molecule has 0 spiro atoms. The van der Waals surface area contributed by atoms with Crippen molar-refractivity contribution in [3.8, 4) is 0 Å². The van der Waals surface area contributed by atoms with Gasteiger partial charge in [0.1, 0.15) is 0 Å². The van der Waals surface area contributed by atoms with Gasteiger partial charge in [0, 0.05) is 36.9 Å². The highest BCUT2D eigenvalue weighted by atomic mass is 32.2. The first-order valence-corrected chi connectivity index (χ1v) is 10.0. The summed E-state index contributed by atoms with van der Waals surface area (Å²) in [5, 5.41) is 3.87. The van der Waals surface area contributed by atoms with Crippen molar-refractivity contribution >= 4 is 32.5 Å². The highest BCUT2D eigenvalue weighted by Gasteiger charge is 2.20. The number of sulfonamides is 1. The van der Waals surface area contributed by atoms with Gasteiger partial charge in [-0.25, -0.2) is 12.7 Å². The largest absolute Gasteiger partial charge is 0.361 e. The Bertz CT molecular complexity index is 1110. The van der Waals surface area contributed by atoms with Gasteiger partial charge in [0.2, 0.25) is 15.9 Å². The number of hydrogen-bond acceptors (Lipinski definition) is 3. The van der Waals surface area contributed by atoms with Gasteiger partial charge in [0.05, 0.1) is 11.3 Å². The van der Waals surface area contributed by atoms with Gasteiger partial charge in [0.25, 0.3) is 0 Å². The third kappa shape index (κ3) is 3.74. The van der Waals surface area contributed by atoms with Crippen molar-refractivity contribution in [2.24, 2.45) is 0 Å². The van der Waals surface area contributed by atoms with Gasteiger partial charge in [0.15, 0.2) is 0 Å². The van der Waals surface area contributed by atoms with E-state index in [-0.39, 0.29) is 17.2 Å². The summed E-state index contributed by atoms with van der Waals surface area (Å²) in [7, 11) is -0.604. The molecule has 0 atom stereocenters. The lowest BCUT2D eigenvalue weighted by Crippen LogP contribution is -2.23. The first kappa shape index (κ1) is 19.1. The number of aromatic amines is 1. The molecule has 0 aliphatic rings. The van der Waals surface area contributed by atoms with Gasteiger partial charge in [-0.15, -0.1) is 0 Å². The first-order valence-electron chi connectivity index (χ1n) is 8.59. The van der Waals surface area contributed by atoms with Crippen LogP contribution in [-0.4, -0.2) is 37.7 Å². The Hall–Kier alpha value is -2.64. The lowest BCUT2D eigenvalue weighted by Gasteiger charge is -2.16. The summed E-state index contributed by atoms with van der Waals surface area (Å²) in [6.07, 6.45) is 2.03. The van der Waals surface area contributed by atoms with Crippen LogP contribution in [0.4, 0.5) is 5.69 Å². The van der Waals surface area contributed by atoms with E-state index in [1.165, 1.54) is 20.2 Å². The van der Waals surface area contributed by atoms with Crippen LogP contribution in [0, 0.1) is 13.8 Å². The predicted octanol–water partition coefficient (Wildman–Crippen LogP) is 3.22. The van der Waals surface area contributed by atoms with Crippen molar-refractivity contribution in [2.45, 2.75) is 25.2 Å². The molecule has 0 aliphatic carbocycles. The molecule has 3 aromatic rings. The van der Waals surface area contributed by atoms with E-state index in [0.717, 1.165) is 31.9 Å². The van der Waals surface area contributed by atoms with Crippen LogP contribution in [0.5, 0.6) is 0 Å². The average molecular weight is 385 g/mol. The molecule has 1 amide bonds. The normalized spacial score (nSPS) is 11.9. The number of nitrogens with one attached hydrogen (secondary N) is 2. The topological polar surface area (TPSA) is 82.3 Å². The summed E-state index contributed by atoms with van der Waals surface area (Å²) < 4.78 is 26.1. The van der Waals surface area contributed by atoms with Crippen LogP contribution in [0.3, 0.4) is 0 Å². The molecular weight excluding hydrogens is 362 g/mol. The van der Waals surface area contributed by atoms with Crippen molar-refractivity contribution in [2.75, 3.05) is 19.4 Å². The molecule has 3 rings (SSSR count). The fraction of sp³-hybridized carbons (Fsp3) is 0.250. The molecule has 0 unspecified atom stereocenters. The number of aryl methyl sites for hydroxylation is 1. The Morgan fingerprint density at radius 2 is 1.85 bits per heavy atom. The molecule has 6 nitrogen and oxygen atoms in total. The number of fused-ring (bicyclic) bond motifs is 1. The molecule has 0 radical (unpaired) electrons. The van der Waals surface area contributed by atoms with Crippen LogP contribution in [0.1, 0.15) is 16.7 Å². The Kier molecular flexibility index (Phi) is 5.08. The van der Waals surface area contributed by atoms with Gasteiger partial charge < -0.3 is 10.3 Å². The van der Waals surface area contributed by atoms with Crippen LogP contribution in [-0.2, 0) is 21.2 Å². The maximum absolute atomic E-state index is 12.6. The fourth-order valence-electron chi connectivity index (χ4n) is 2.96. The van der Waals surface area contributed by atoms with E-state index >= 15 is 0 Å². The molecule has 0 fully saturated rings. The third-order valence-electron chi connectivity index (χ3n) is 4.72. The minimum absolute atomic E-state index is 0.165. The fourth-order valence-corrected chi connectivity index (χ4v) is 3.98. The van der Waals surface area contributed by atoms with E-state index < -0.39 is 10.0 Å². The first-order chi connectivity index (χ1) is 12.7. The molecule has 0 saturated heterocycles. The molecule has 2 N–H and O–H groups in total. The quantitative estimate of drug-likeness (QED) is 0.707. The number of rotatable bonds is 5. The molecule has 1 aromatic heterocycles. The molecular formula is C20H23N3O3S. The zero-order valence-corrected chi connectivity index (χ0v) is 16.6. The molecule has 2 aromatic carbocycles. The highest BCUT2D eigenvalue weighted by molar-refractivity contribution is 7.89. The number of aromatic nitrogens is 1. The summed E-state index contributed by atoms with van der Waals surface area (Å²) >= 11 is 0. The molecule has 142 valence electrons. The van der Waals surface area contributed by atoms with Crippen LogP contribution in [0.25, 0.3) is 10.9 Å². The number of carbonyl (C=O) groups excluding carboxylic acids is 1. The Balaban J connectivity index is 1.88. The number of anilines is 1. The summed E-state index contributed by atoms with van der Waals surface area (Å²) in [6, 6.07) is 10.9. The zero-order chi connectivity index (χ0) is 19.8. The SMILES string of the molecule is Cc1cc(S(=O)(=O)N(C)C)cc(NC(=O)Cc2c[nH]c3ccccc23)c1C. The summed E-state index contributed by atoms with van der Waals surface area (Å²) in [6.45, 7) is 3.70. The Morgan fingerprint density at radius 3 is 2.56 bits per heavy atom. The number of benzene rings is 2. The lowest BCUT2D eigenvalue weighted by molar-refractivity contribution is -0.115. The van der Waals surface area contributed by atoms with Crippen LogP contribution in [0.2, 0.25) is 0 Å². The van der Waals surface area contributed by atoms with Gasteiger partial charge in [-0.2, -0.15) is 0 Å². The maximum atomic E-state index is 12.6. The number of H-pyrrole nitrogens is 1.